The Kier molecular flexibility index (Phi) is 3.78. The Morgan fingerprint density at radius 2 is 1.82 bits per heavy atom. The molecule has 3 rings (SSSR count). The van der Waals surface area contributed by atoms with Gasteiger partial charge in [0.05, 0.1) is 10.6 Å². The molecule has 2 aromatic rings. The Balaban J connectivity index is 1.97. The van der Waals surface area contributed by atoms with Crippen LogP contribution in [0.3, 0.4) is 0 Å². The van der Waals surface area contributed by atoms with Crippen molar-refractivity contribution < 1.29 is 13.5 Å². The van der Waals surface area contributed by atoms with Crippen LogP contribution in [0.1, 0.15) is 36.6 Å². The molecule has 22 heavy (non-hydrogen) atoms. The Morgan fingerprint density at radius 3 is 2.27 bits per heavy atom. The highest BCUT2D eigenvalue weighted by Crippen LogP contribution is 2.51. The second-order valence-electron chi connectivity index (χ2n) is 5.96. The van der Waals surface area contributed by atoms with Gasteiger partial charge in [0.25, 0.3) is 0 Å². The van der Waals surface area contributed by atoms with Crippen LogP contribution in [0.15, 0.2) is 53.6 Å². The summed E-state index contributed by atoms with van der Waals surface area (Å²) in [7, 11) is -3.20. The molecule has 4 nitrogen and oxygen atoms in total. The lowest BCUT2D eigenvalue weighted by Crippen LogP contribution is -2.40. The molecule has 0 amide bonds. The molecule has 1 aliphatic carbocycles. The number of hydrogen-bond acceptors (Lipinski definition) is 4. The molecule has 1 N–H and O–H groups in total. The summed E-state index contributed by atoms with van der Waals surface area (Å²) in [5.74, 6) is 0. The molecule has 116 valence electrons. The maximum Gasteiger partial charge on any atom is 0.175 e. The van der Waals surface area contributed by atoms with Crippen LogP contribution in [-0.2, 0) is 15.3 Å². The average molecular weight is 317 g/mol. The summed E-state index contributed by atoms with van der Waals surface area (Å²) < 4.78 is 23.1. The van der Waals surface area contributed by atoms with Gasteiger partial charge in [-0.2, -0.15) is 0 Å². The lowest BCUT2D eigenvalue weighted by Gasteiger charge is -2.45. The van der Waals surface area contributed by atoms with Gasteiger partial charge in [0.15, 0.2) is 9.84 Å². The number of pyridine rings is 1. The lowest BCUT2D eigenvalue weighted by molar-refractivity contribution is 0.0237. The van der Waals surface area contributed by atoms with Crippen molar-refractivity contribution in [2.45, 2.75) is 35.7 Å². The highest BCUT2D eigenvalue weighted by Gasteiger charge is 2.46. The number of hydrogen-bond donors (Lipinski definition) is 1. The van der Waals surface area contributed by atoms with Crippen LogP contribution in [0.5, 0.6) is 0 Å². The van der Waals surface area contributed by atoms with E-state index in [-0.39, 0.29) is 5.41 Å². The predicted molar refractivity (Wildman–Crippen MR) is 84.3 cm³/mol. The summed E-state index contributed by atoms with van der Waals surface area (Å²) in [5.41, 5.74) is 1.28. The Morgan fingerprint density at radius 1 is 1.14 bits per heavy atom. The van der Waals surface area contributed by atoms with E-state index in [2.05, 4.69) is 4.98 Å². The number of rotatable bonds is 4. The molecule has 1 fully saturated rings. The quantitative estimate of drug-likeness (QED) is 0.941. The van der Waals surface area contributed by atoms with Crippen molar-refractivity contribution >= 4 is 9.84 Å². The summed E-state index contributed by atoms with van der Waals surface area (Å²) in [6.07, 6.45) is 5.01. The van der Waals surface area contributed by atoms with Crippen LogP contribution in [0.25, 0.3) is 0 Å². The zero-order valence-electron chi connectivity index (χ0n) is 12.4. The standard InChI is InChI=1S/C17H19NO3S/c1-22(20,21)14-8-6-13(7-9-14)17(10-4-11-17)16(19)15-5-2-3-12-18-15/h2-3,5-9,12,16,19H,4,10-11H2,1H3. The maximum atomic E-state index is 11.6. The fourth-order valence-electron chi connectivity index (χ4n) is 3.13. The van der Waals surface area contributed by atoms with Gasteiger partial charge in [0.1, 0.15) is 6.10 Å². The van der Waals surface area contributed by atoms with Crippen LogP contribution in [0, 0.1) is 0 Å². The molecule has 0 saturated heterocycles. The minimum Gasteiger partial charge on any atom is -0.386 e. The molecule has 1 atom stereocenters. The number of sulfone groups is 1. The first-order valence-electron chi connectivity index (χ1n) is 7.33. The molecule has 5 heteroatoms. The van der Waals surface area contributed by atoms with Crippen molar-refractivity contribution in [3.63, 3.8) is 0 Å². The van der Waals surface area contributed by atoms with Crippen LogP contribution in [0.2, 0.25) is 0 Å². The summed E-state index contributed by atoms with van der Waals surface area (Å²) in [5, 5.41) is 10.8. The van der Waals surface area contributed by atoms with Gasteiger partial charge in [-0.25, -0.2) is 8.42 Å². The van der Waals surface area contributed by atoms with E-state index in [1.165, 1.54) is 6.26 Å². The third-order valence-electron chi connectivity index (χ3n) is 4.59. The number of benzene rings is 1. The van der Waals surface area contributed by atoms with E-state index in [9.17, 15) is 13.5 Å². The minimum atomic E-state index is -3.20. The fraction of sp³-hybridized carbons (Fsp3) is 0.353. The summed E-state index contributed by atoms with van der Waals surface area (Å²) in [6, 6.07) is 12.4. The van der Waals surface area contributed by atoms with Crippen molar-refractivity contribution in [2.24, 2.45) is 0 Å². The second kappa shape index (κ2) is 5.48. The van der Waals surface area contributed by atoms with E-state index in [0.29, 0.717) is 10.6 Å². The summed E-state index contributed by atoms with van der Waals surface area (Å²) >= 11 is 0. The lowest BCUT2D eigenvalue weighted by atomic mass is 9.60. The smallest absolute Gasteiger partial charge is 0.175 e. The second-order valence-corrected chi connectivity index (χ2v) is 7.98. The number of aliphatic hydroxyl groups is 1. The molecule has 0 radical (unpaired) electrons. The molecule has 1 heterocycles. The molecule has 1 aliphatic rings. The zero-order chi connectivity index (χ0) is 15.8. The summed E-state index contributed by atoms with van der Waals surface area (Å²) in [6.45, 7) is 0. The molecule has 0 bridgehead atoms. The monoisotopic (exact) mass is 317 g/mol. The maximum absolute atomic E-state index is 11.6. The van der Waals surface area contributed by atoms with Crippen molar-refractivity contribution in [2.75, 3.05) is 6.26 Å². The Labute approximate surface area is 130 Å². The molecule has 0 spiro atoms. The predicted octanol–water partition coefficient (Wildman–Crippen LogP) is 2.64. The Hall–Kier alpha value is -1.72. The molecule has 1 aromatic carbocycles. The largest absolute Gasteiger partial charge is 0.386 e. The number of aliphatic hydroxyl groups excluding tert-OH is 1. The topological polar surface area (TPSA) is 67.3 Å². The van der Waals surface area contributed by atoms with Crippen LogP contribution in [0.4, 0.5) is 0 Å². The third-order valence-corrected chi connectivity index (χ3v) is 5.72. The average Bonchev–Trinajstić information content (AvgIpc) is 2.46. The fourth-order valence-corrected chi connectivity index (χ4v) is 3.76. The van der Waals surface area contributed by atoms with E-state index in [1.54, 1.807) is 18.3 Å². The summed E-state index contributed by atoms with van der Waals surface area (Å²) in [4.78, 5) is 4.57. The van der Waals surface area contributed by atoms with E-state index >= 15 is 0 Å². The van der Waals surface area contributed by atoms with Crippen molar-refractivity contribution in [1.29, 1.82) is 0 Å². The van der Waals surface area contributed by atoms with Gasteiger partial charge >= 0.3 is 0 Å². The SMILES string of the molecule is CS(=O)(=O)c1ccc(C2(C(O)c3ccccn3)CCC2)cc1. The van der Waals surface area contributed by atoms with Gasteiger partial charge in [-0.05, 0) is 42.7 Å². The van der Waals surface area contributed by atoms with E-state index in [4.69, 9.17) is 0 Å². The van der Waals surface area contributed by atoms with Crippen molar-refractivity contribution in [1.82, 2.24) is 4.98 Å². The van der Waals surface area contributed by atoms with E-state index < -0.39 is 15.9 Å². The van der Waals surface area contributed by atoms with Crippen molar-refractivity contribution in [3.05, 3.63) is 59.9 Å². The van der Waals surface area contributed by atoms with Gasteiger partial charge < -0.3 is 5.11 Å². The molecule has 1 unspecified atom stereocenters. The first-order valence-corrected chi connectivity index (χ1v) is 9.22. The van der Waals surface area contributed by atoms with E-state index in [0.717, 1.165) is 24.8 Å². The molecule has 0 aliphatic heterocycles. The first kappa shape index (κ1) is 15.2. The molecular formula is C17H19NO3S. The first-order chi connectivity index (χ1) is 10.4. The van der Waals surface area contributed by atoms with Gasteiger partial charge in [-0.1, -0.05) is 24.6 Å². The van der Waals surface area contributed by atoms with Crippen LogP contribution in [-0.4, -0.2) is 24.8 Å². The normalized spacial score (nSPS) is 18.5. The number of aromatic nitrogens is 1. The highest BCUT2D eigenvalue weighted by atomic mass is 32.2. The van der Waals surface area contributed by atoms with E-state index in [1.807, 2.05) is 30.3 Å². The van der Waals surface area contributed by atoms with Crippen molar-refractivity contribution in [3.8, 4) is 0 Å². The van der Waals surface area contributed by atoms with Crippen LogP contribution < -0.4 is 0 Å². The third kappa shape index (κ3) is 2.55. The highest BCUT2D eigenvalue weighted by molar-refractivity contribution is 7.90. The number of nitrogens with zero attached hydrogens (tertiary/aromatic N) is 1. The Bertz CT molecular complexity index is 750. The minimum absolute atomic E-state index is 0.304. The van der Waals surface area contributed by atoms with Gasteiger partial charge in [-0.15, -0.1) is 0 Å². The van der Waals surface area contributed by atoms with Gasteiger partial charge in [0.2, 0.25) is 0 Å². The van der Waals surface area contributed by atoms with Gasteiger partial charge in [0, 0.05) is 17.9 Å². The van der Waals surface area contributed by atoms with Crippen LogP contribution >= 0.6 is 0 Å². The zero-order valence-corrected chi connectivity index (χ0v) is 13.3. The molecular weight excluding hydrogens is 298 g/mol. The molecule has 1 saturated carbocycles. The molecule has 1 aromatic heterocycles. The van der Waals surface area contributed by atoms with Gasteiger partial charge in [-0.3, -0.25) is 4.98 Å².